The van der Waals surface area contributed by atoms with Crippen molar-refractivity contribution in [3.8, 4) is 0 Å². The Morgan fingerprint density at radius 2 is 1.68 bits per heavy atom. The molecular weight excluding hydrogens is 356 g/mol. The highest BCUT2D eigenvalue weighted by Crippen LogP contribution is 2.33. The summed E-state index contributed by atoms with van der Waals surface area (Å²) in [6.45, 7) is 1.02. The molecule has 1 aliphatic rings. The van der Waals surface area contributed by atoms with Crippen molar-refractivity contribution in [1.29, 1.82) is 0 Å². The van der Waals surface area contributed by atoms with Crippen molar-refractivity contribution in [2.45, 2.75) is 23.7 Å². The van der Waals surface area contributed by atoms with E-state index in [1.54, 1.807) is 28.6 Å². The summed E-state index contributed by atoms with van der Waals surface area (Å²) in [7, 11) is -3.53. The van der Waals surface area contributed by atoms with Gasteiger partial charge >= 0.3 is 0 Å². The monoisotopic (exact) mass is 374 g/mol. The van der Waals surface area contributed by atoms with E-state index in [9.17, 15) is 8.42 Å². The first-order chi connectivity index (χ1) is 12.1. The van der Waals surface area contributed by atoms with Crippen molar-refractivity contribution >= 4 is 32.5 Å². The molecule has 0 amide bonds. The van der Waals surface area contributed by atoms with Crippen LogP contribution in [0.5, 0.6) is 0 Å². The lowest BCUT2D eigenvalue weighted by molar-refractivity contribution is 0.317. The zero-order chi connectivity index (χ0) is 17.4. The van der Waals surface area contributed by atoms with Crippen LogP contribution in [-0.4, -0.2) is 30.8 Å². The highest BCUT2D eigenvalue weighted by atomic mass is 35.5. The maximum atomic E-state index is 12.8. The lowest BCUT2D eigenvalue weighted by Crippen LogP contribution is -2.38. The largest absolute Gasteiger partial charge is 0.358 e. The van der Waals surface area contributed by atoms with Gasteiger partial charge in [-0.25, -0.2) is 8.42 Å². The van der Waals surface area contributed by atoms with Gasteiger partial charge < -0.3 is 4.98 Å². The lowest BCUT2D eigenvalue weighted by Gasteiger charge is -2.31. The molecule has 1 N–H and O–H groups in total. The lowest BCUT2D eigenvalue weighted by atomic mass is 9.95. The summed E-state index contributed by atoms with van der Waals surface area (Å²) in [4.78, 5) is 3.67. The molecule has 1 fully saturated rings. The Balaban J connectivity index is 1.52. The molecule has 0 radical (unpaired) electrons. The van der Waals surface area contributed by atoms with Crippen molar-refractivity contribution < 1.29 is 8.42 Å². The van der Waals surface area contributed by atoms with E-state index < -0.39 is 10.0 Å². The number of aromatic nitrogens is 1. The van der Waals surface area contributed by atoms with E-state index in [1.165, 1.54) is 11.1 Å². The maximum Gasteiger partial charge on any atom is 0.244 e. The Labute approximate surface area is 152 Å². The topological polar surface area (TPSA) is 53.2 Å². The number of piperidine rings is 1. The number of fused-ring (bicyclic) bond motifs is 1. The van der Waals surface area contributed by atoms with E-state index >= 15 is 0 Å². The average Bonchev–Trinajstić information content (AvgIpc) is 3.06. The molecule has 4 nitrogen and oxygen atoms in total. The highest BCUT2D eigenvalue weighted by molar-refractivity contribution is 7.89. The van der Waals surface area contributed by atoms with Gasteiger partial charge in [-0.05, 0) is 42.5 Å². The zero-order valence-corrected chi connectivity index (χ0v) is 15.2. The first-order valence-electron chi connectivity index (χ1n) is 8.38. The van der Waals surface area contributed by atoms with Crippen LogP contribution in [0.25, 0.3) is 10.9 Å². The van der Waals surface area contributed by atoms with Crippen molar-refractivity contribution in [1.82, 2.24) is 9.29 Å². The number of nitrogens with one attached hydrogen (secondary N) is 1. The van der Waals surface area contributed by atoms with Gasteiger partial charge in [-0.2, -0.15) is 4.31 Å². The zero-order valence-electron chi connectivity index (χ0n) is 13.7. The van der Waals surface area contributed by atoms with Gasteiger partial charge in [0.05, 0.1) is 5.02 Å². The summed E-state index contributed by atoms with van der Waals surface area (Å²) in [5, 5.41) is 1.48. The second-order valence-electron chi connectivity index (χ2n) is 6.42. The number of hydrogen-bond acceptors (Lipinski definition) is 2. The van der Waals surface area contributed by atoms with Gasteiger partial charge in [0.25, 0.3) is 0 Å². The van der Waals surface area contributed by atoms with Crippen LogP contribution in [-0.2, 0) is 10.0 Å². The first-order valence-corrected chi connectivity index (χ1v) is 10.2. The van der Waals surface area contributed by atoms with Gasteiger partial charge in [0, 0.05) is 30.2 Å². The summed E-state index contributed by atoms with van der Waals surface area (Å²) in [6.07, 6.45) is 1.60. The van der Waals surface area contributed by atoms with Gasteiger partial charge in [-0.3, -0.25) is 0 Å². The molecule has 25 heavy (non-hydrogen) atoms. The predicted octanol–water partition coefficient (Wildman–Crippen LogP) is 4.39. The minimum absolute atomic E-state index is 0.195. The van der Waals surface area contributed by atoms with Crippen molar-refractivity contribution in [3.05, 3.63) is 65.3 Å². The molecule has 0 bridgehead atoms. The number of nitrogens with zero attached hydrogens (tertiary/aromatic N) is 1. The fraction of sp³-hybridized carbons (Fsp3) is 0.263. The number of aromatic amines is 1. The molecule has 0 spiro atoms. The first kappa shape index (κ1) is 16.6. The Bertz CT molecular complexity index is 972. The van der Waals surface area contributed by atoms with Crippen molar-refractivity contribution in [3.63, 3.8) is 0 Å². The Kier molecular flexibility index (Phi) is 4.31. The molecule has 2 aromatic carbocycles. The predicted molar refractivity (Wildman–Crippen MR) is 100 cm³/mol. The molecule has 1 aliphatic heterocycles. The second kappa shape index (κ2) is 6.48. The van der Waals surface area contributed by atoms with Crippen LogP contribution in [0.4, 0.5) is 0 Å². The van der Waals surface area contributed by atoms with E-state index in [-0.39, 0.29) is 9.92 Å². The smallest absolute Gasteiger partial charge is 0.244 e. The molecule has 1 aromatic heterocycles. The molecule has 2 heterocycles. The Morgan fingerprint density at radius 1 is 1.00 bits per heavy atom. The second-order valence-corrected chi connectivity index (χ2v) is 8.73. The molecular formula is C19H19ClN2O2S. The van der Waals surface area contributed by atoms with Crippen LogP contribution >= 0.6 is 11.6 Å². The highest BCUT2D eigenvalue weighted by Gasteiger charge is 2.31. The maximum absolute atomic E-state index is 12.8. The van der Waals surface area contributed by atoms with Crippen LogP contribution < -0.4 is 0 Å². The fourth-order valence-electron chi connectivity index (χ4n) is 3.52. The van der Waals surface area contributed by atoms with Crippen LogP contribution in [0.15, 0.2) is 59.5 Å². The van der Waals surface area contributed by atoms with Crippen molar-refractivity contribution in [2.24, 2.45) is 0 Å². The summed E-state index contributed by atoms with van der Waals surface area (Å²) in [5.74, 6) is 0.352. The average molecular weight is 375 g/mol. The SMILES string of the molecule is O=S(=O)(c1ccccc1Cl)N1CCC(c2cc3ccccc3[nH]2)CC1. The van der Waals surface area contributed by atoms with Gasteiger partial charge in [0.15, 0.2) is 0 Å². The van der Waals surface area contributed by atoms with Crippen LogP contribution in [0.1, 0.15) is 24.5 Å². The van der Waals surface area contributed by atoms with E-state index in [1.807, 2.05) is 12.1 Å². The van der Waals surface area contributed by atoms with Gasteiger partial charge in [-0.15, -0.1) is 0 Å². The number of hydrogen-bond donors (Lipinski definition) is 1. The van der Waals surface area contributed by atoms with Crippen LogP contribution in [0, 0.1) is 0 Å². The summed E-state index contributed by atoms with van der Waals surface area (Å²) < 4.78 is 27.2. The van der Waals surface area contributed by atoms with Crippen LogP contribution in [0.3, 0.4) is 0 Å². The van der Waals surface area contributed by atoms with E-state index in [0.29, 0.717) is 19.0 Å². The van der Waals surface area contributed by atoms with Crippen LogP contribution in [0.2, 0.25) is 5.02 Å². The summed E-state index contributed by atoms with van der Waals surface area (Å²) in [6, 6.07) is 17.0. The molecule has 6 heteroatoms. The quantitative estimate of drug-likeness (QED) is 0.739. The number of para-hydroxylation sites is 1. The minimum atomic E-state index is -3.53. The number of sulfonamides is 1. The van der Waals surface area contributed by atoms with E-state index in [0.717, 1.165) is 18.4 Å². The normalized spacial score (nSPS) is 17.2. The number of H-pyrrole nitrogens is 1. The number of halogens is 1. The third-order valence-corrected chi connectivity index (χ3v) is 7.30. The molecule has 1 saturated heterocycles. The molecule has 4 rings (SSSR count). The summed E-state index contributed by atoms with van der Waals surface area (Å²) in [5.41, 5.74) is 2.32. The molecule has 0 unspecified atom stereocenters. The molecule has 0 atom stereocenters. The Hall–Kier alpha value is -1.82. The van der Waals surface area contributed by atoms with Gasteiger partial charge in [0.1, 0.15) is 4.90 Å². The van der Waals surface area contributed by atoms with Gasteiger partial charge in [-0.1, -0.05) is 41.9 Å². The molecule has 130 valence electrons. The third-order valence-electron chi connectivity index (χ3n) is 4.90. The molecule has 3 aromatic rings. The fourth-order valence-corrected chi connectivity index (χ4v) is 5.48. The minimum Gasteiger partial charge on any atom is -0.358 e. The summed E-state index contributed by atoms with van der Waals surface area (Å²) >= 11 is 6.09. The molecule has 0 aliphatic carbocycles. The number of rotatable bonds is 3. The van der Waals surface area contributed by atoms with E-state index in [4.69, 9.17) is 11.6 Å². The number of benzene rings is 2. The molecule has 0 saturated carbocycles. The standard InChI is InChI=1S/C19H19ClN2O2S/c20-16-6-2-4-8-19(16)25(23,24)22-11-9-14(10-12-22)18-13-15-5-1-3-7-17(15)21-18/h1-8,13-14,21H,9-12H2. The van der Waals surface area contributed by atoms with E-state index in [2.05, 4.69) is 23.2 Å². The van der Waals surface area contributed by atoms with Crippen molar-refractivity contribution in [2.75, 3.05) is 13.1 Å². The van der Waals surface area contributed by atoms with Gasteiger partial charge in [0.2, 0.25) is 10.0 Å². The third kappa shape index (κ3) is 3.08. The Morgan fingerprint density at radius 3 is 2.40 bits per heavy atom.